The minimum Gasteiger partial charge on any atom is -0.416 e. The van der Waals surface area contributed by atoms with E-state index in [1.807, 2.05) is 13.1 Å². The molecule has 0 saturated carbocycles. The molecule has 0 aromatic heterocycles. The van der Waals surface area contributed by atoms with E-state index in [2.05, 4.69) is 19.6 Å². The SMILES string of the molecule is COCCC[Si]1(C)O[Si]O[Si](C)(C)O[Si](C)(C)O1. The zero-order chi connectivity index (χ0) is 13.9. The Morgan fingerprint density at radius 1 is 0.944 bits per heavy atom. The average molecular weight is 325 g/mol. The Hall–Kier alpha value is 0.668. The van der Waals surface area contributed by atoms with Crippen LogP contribution in [-0.4, -0.2) is 49.4 Å². The van der Waals surface area contributed by atoms with Crippen LogP contribution in [-0.2, 0) is 21.2 Å². The predicted molar refractivity (Wildman–Crippen MR) is 78.0 cm³/mol. The van der Waals surface area contributed by atoms with Crippen molar-refractivity contribution < 1.29 is 21.2 Å². The maximum Gasteiger partial charge on any atom is 0.413 e. The molecule has 0 aliphatic carbocycles. The molecule has 1 rings (SSSR count). The molecule has 1 fully saturated rings. The van der Waals surface area contributed by atoms with Crippen LogP contribution in [0.2, 0.25) is 38.8 Å². The molecule has 18 heavy (non-hydrogen) atoms. The molecule has 0 spiro atoms. The summed E-state index contributed by atoms with van der Waals surface area (Å²) in [6.45, 7) is 11.1. The highest BCUT2D eigenvalue weighted by atomic mass is 28.5. The monoisotopic (exact) mass is 324 g/mol. The molecule has 2 radical (unpaired) electrons. The Morgan fingerprint density at radius 3 is 2.22 bits per heavy atom. The van der Waals surface area contributed by atoms with Crippen LogP contribution < -0.4 is 0 Å². The number of ether oxygens (including phenoxy) is 1. The maximum atomic E-state index is 6.29. The van der Waals surface area contributed by atoms with Crippen LogP contribution in [0.5, 0.6) is 0 Å². The van der Waals surface area contributed by atoms with Gasteiger partial charge in [0.2, 0.25) is 0 Å². The van der Waals surface area contributed by atoms with Crippen LogP contribution in [0.15, 0.2) is 0 Å². The molecule has 1 heterocycles. The molecular weight excluding hydrogens is 300 g/mol. The summed E-state index contributed by atoms with van der Waals surface area (Å²) < 4.78 is 29.2. The second-order valence-electron chi connectivity index (χ2n) is 5.52. The van der Waals surface area contributed by atoms with Gasteiger partial charge in [-0.05, 0) is 45.2 Å². The summed E-state index contributed by atoms with van der Waals surface area (Å²) in [5.41, 5.74) is 0. The molecule has 0 amide bonds. The fourth-order valence-electron chi connectivity index (χ4n) is 2.02. The molecule has 1 unspecified atom stereocenters. The first-order chi connectivity index (χ1) is 8.18. The zero-order valence-corrected chi connectivity index (χ0v) is 16.2. The van der Waals surface area contributed by atoms with Crippen molar-refractivity contribution in [3.8, 4) is 0 Å². The van der Waals surface area contributed by atoms with Gasteiger partial charge >= 0.3 is 35.7 Å². The van der Waals surface area contributed by atoms with Gasteiger partial charge in [0, 0.05) is 13.7 Å². The summed E-state index contributed by atoms with van der Waals surface area (Å²) in [7, 11) is -4.69. The van der Waals surface area contributed by atoms with E-state index in [0.717, 1.165) is 19.1 Å². The van der Waals surface area contributed by atoms with Gasteiger partial charge in [-0.15, -0.1) is 0 Å². The van der Waals surface area contributed by atoms with Gasteiger partial charge in [0.1, 0.15) is 0 Å². The van der Waals surface area contributed by atoms with Crippen molar-refractivity contribution >= 4 is 35.7 Å². The fraction of sp³-hybridized carbons (Fsp3) is 1.00. The first-order valence-corrected chi connectivity index (χ1v) is 15.2. The predicted octanol–water partition coefficient (Wildman–Crippen LogP) is 2.11. The Bertz CT molecular complexity index is 276. The van der Waals surface area contributed by atoms with Gasteiger partial charge in [0.05, 0.1) is 0 Å². The lowest BCUT2D eigenvalue weighted by Gasteiger charge is -2.41. The highest BCUT2D eigenvalue weighted by Gasteiger charge is 2.46. The van der Waals surface area contributed by atoms with E-state index in [0.29, 0.717) is 0 Å². The molecular formula is C9H24O5Si4. The van der Waals surface area contributed by atoms with Crippen LogP contribution in [0.3, 0.4) is 0 Å². The Morgan fingerprint density at radius 2 is 1.61 bits per heavy atom. The molecule has 106 valence electrons. The van der Waals surface area contributed by atoms with Gasteiger partial charge in [0.15, 0.2) is 0 Å². The van der Waals surface area contributed by atoms with E-state index in [1.165, 1.54) is 0 Å². The minimum atomic E-state index is -2.19. The third-order valence-electron chi connectivity index (χ3n) is 2.48. The quantitative estimate of drug-likeness (QED) is 0.585. The van der Waals surface area contributed by atoms with E-state index in [-0.39, 0.29) is 10.0 Å². The lowest BCUT2D eigenvalue weighted by atomic mass is 10.5. The maximum absolute atomic E-state index is 6.29. The Balaban J connectivity index is 2.66. The van der Waals surface area contributed by atoms with Crippen LogP contribution in [0, 0.1) is 0 Å². The molecule has 0 bridgehead atoms. The van der Waals surface area contributed by atoms with Crippen LogP contribution in [0.4, 0.5) is 0 Å². The zero-order valence-electron chi connectivity index (χ0n) is 12.2. The number of rotatable bonds is 4. The summed E-state index contributed by atoms with van der Waals surface area (Å²) >= 11 is 0. The van der Waals surface area contributed by atoms with E-state index < -0.39 is 25.7 Å². The molecule has 1 aliphatic rings. The van der Waals surface area contributed by atoms with E-state index >= 15 is 0 Å². The average Bonchev–Trinajstić information content (AvgIpc) is 2.12. The van der Waals surface area contributed by atoms with Crippen LogP contribution in [0.1, 0.15) is 6.42 Å². The van der Waals surface area contributed by atoms with Crippen molar-refractivity contribution in [1.82, 2.24) is 0 Å². The van der Waals surface area contributed by atoms with E-state index in [1.54, 1.807) is 7.11 Å². The van der Waals surface area contributed by atoms with Crippen LogP contribution >= 0.6 is 0 Å². The second-order valence-corrected chi connectivity index (χ2v) is 17.3. The minimum absolute atomic E-state index is 0.0359. The topological polar surface area (TPSA) is 46.2 Å². The largest absolute Gasteiger partial charge is 0.416 e. The lowest BCUT2D eigenvalue weighted by Crippen LogP contribution is -2.59. The number of methoxy groups -OCH3 is 1. The lowest BCUT2D eigenvalue weighted by molar-refractivity contribution is 0.194. The summed E-state index contributed by atoms with van der Waals surface area (Å²) in [6, 6.07) is 0.916. The molecule has 0 N–H and O–H groups in total. The van der Waals surface area contributed by atoms with Crippen molar-refractivity contribution in [3.05, 3.63) is 0 Å². The smallest absolute Gasteiger partial charge is 0.413 e. The number of hydrogen-bond donors (Lipinski definition) is 0. The second kappa shape index (κ2) is 6.41. The van der Waals surface area contributed by atoms with Crippen molar-refractivity contribution in [1.29, 1.82) is 0 Å². The van der Waals surface area contributed by atoms with Gasteiger partial charge in [-0.1, -0.05) is 0 Å². The van der Waals surface area contributed by atoms with Gasteiger partial charge in [-0.25, -0.2) is 0 Å². The van der Waals surface area contributed by atoms with Crippen LogP contribution in [0.25, 0.3) is 0 Å². The van der Waals surface area contributed by atoms with Gasteiger partial charge in [-0.2, -0.15) is 0 Å². The first-order valence-electron chi connectivity index (χ1n) is 6.18. The molecule has 0 aromatic carbocycles. The molecule has 9 heteroatoms. The molecule has 1 atom stereocenters. The molecule has 1 saturated heterocycles. The molecule has 0 aromatic rings. The van der Waals surface area contributed by atoms with Crippen molar-refractivity contribution in [2.45, 2.75) is 45.2 Å². The molecule has 1 aliphatic heterocycles. The summed E-state index contributed by atoms with van der Waals surface area (Å²) in [4.78, 5) is 0. The Labute approximate surface area is 116 Å². The van der Waals surface area contributed by atoms with Gasteiger partial charge in [0.25, 0.3) is 0 Å². The van der Waals surface area contributed by atoms with Crippen molar-refractivity contribution in [3.63, 3.8) is 0 Å². The standard InChI is InChI=1S/C9H24O5Si4/c1-10-8-7-9-18(6)12-15-11-16(2,3)13-17(4,5)14-18/h7-9H2,1-6H3. The summed E-state index contributed by atoms with van der Waals surface area (Å²) in [5.74, 6) is 0. The molecule has 5 nitrogen and oxygen atoms in total. The summed E-state index contributed by atoms with van der Waals surface area (Å²) in [5, 5.41) is 0. The van der Waals surface area contributed by atoms with Gasteiger partial charge < -0.3 is 21.2 Å². The highest BCUT2D eigenvalue weighted by molar-refractivity contribution is 6.88. The van der Waals surface area contributed by atoms with Crippen molar-refractivity contribution in [2.24, 2.45) is 0 Å². The Kier molecular flexibility index (Phi) is 5.96. The third kappa shape index (κ3) is 5.75. The number of hydrogen-bond acceptors (Lipinski definition) is 5. The first kappa shape index (κ1) is 16.7. The van der Waals surface area contributed by atoms with Gasteiger partial charge in [-0.3, -0.25) is 0 Å². The van der Waals surface area contributed by atoms with E-state index in [4.69, 9.17) is 21.2 Å². The fourth-order valence-corrected chi connectivity index (χ4v) is 16.2. The normalized spacial score (nSPS) is 31.7. The van der Waals surface area contributed by atoms with E-state index in [9.17, 15) is 0 Å². The highest BCUT2D eigenvalue weighted by Crippen LogP contribution is 2.27. The van der Waals surface area contributed by atoms with Crippen molar-refractivity contribution in [2.75, 3.05) is 13.7 Å². The third-order valence-corrected chi connectivity index (χ3v) is 15.7. The summed E-state index contributed by atoms with van der Waals surface area (Å²) in [6.07, 6.45) is 0.953.